The van der Waals surface area contributed by atoms with Crippen molar-refractivity contribution in [3.8, 4) is 33.4 Å². The SMILES string of the molecule is FC(F)(F)c1cc(-c2ccc(-c3cccc(-c4ccc5ccccc5c4)c3)cc2)cc(C(F)(F)F)c1. The molecule has 6 heteroatoms. The van der Waals surface area contributed by atoms with Gasteiger partial charge in [-0.3, -0.25) is 0 Å². The second-order valence-electron chi connectivity index (χ2n) is 8.51. The monoisotopic (exact) mass is 492 g/mol. The number of benzene rings is 5. The first-order chi connectivity index (χ1) is 17.1. The maximum absolute atomic E-state index is 13.2. The van der Waals surface area contributed by atoms with Gasteiger partial charge in [-0.2, -0.15) is 26.3 Å². The largest absolute Gasteiger partial charge is 0.416 e. The normalized spacial score (nSPS) is 12.2. The third kappa shape index (κ3) is 4.85. The van der Waals surface area contributed by atoms with Crippen LogP contribution in [0.4, 0.5) is 26.3 Å². The Bertz CT molecular complexity index is 1510. The van der Waals surface area contributed by atoms with Crippen LogP contribution < -0.4 is 0 Å². The summed E-state index contributed by atoms with van der Waals surface area (Å²) in [7, 11) is 0. The van der Waals surface area contributed by atoms with Crippen LogP contribution in [0.2, 0.25) is 0 Å². The number of hydrogen-bond acceptors (Lipinski definition) is 0. The van der Waals surface area contributed by atoms with E-state index in [9.17, 15) is 26.3 Å². The van der Waals surface area contributed by atoms with Gasteiger partial charge in [-0.1, -0.05) is 78.9 Å². The molecular weight excluding hydrogens is 474 g/mol. The minimum Gasteiger partial charge on any atom is -0.166 e. The zero-order valence-corrected chi connectivity index (χ0v) is 18.7. The van der Waals surface area contributed by atoms with Crippen molar-refractivity contribution in [1.82, 2.24) is 0 Å². The maximum Gasteiger partial charge on any atom is 0.416 e. The van der Waals surface area contributed by atoms with Crippen molar-refractivity contribution < 1.29 is 26.3 Å². The Hall–Kier alpha value is -4.06. The van der Waals surface area contributed by atoms with Crippen LogP contribution in [0.25, 0.3) is 44.2 Å². The molecule has 0 aliphatic heterocycles. The van der Waals surface area contributed by atoms with E-state index in [1.807, 2.05) is 54.6 Å². The summed E-state index contributed by atoms with van der Waals surface area (Å²) in [5, 5.41) is 2.25. The van der Waals surface area contributed by atoms with Crippen LogP contribution in [0.15, 0.2) is 109 Å². The van der Waals surface area contributed by atoms with E-state index in [0.29, 0.717) is 0 Å². The summed E-state index contributed by atoms with van der Waals surface area (Å²) < 4.78 is 79.4. The van der Waals surface area contributed by atoms with Crippen molar-refractivity contribution in [2.45, 2.75) is 12.4 Å². The van der Waals surface area contributed by atoms with Gasteiger partial charge in [-0.25, -0.2) is 0 Å². The number of fused-ring (bicyclic) bond motifs is 1. The fraction of sp³-hybridized carbons (Fsp3) is 0.0667. The van der Waals surface area contributed by atoms with Gasteiger partial charge in [0.1, 0.15) is 0 Å². The zero-order valence-electron chi connectivity index (χ0n) is 18.7. The molecular formula is C30H18F6. The molecule has 180 valence electrons. The van der Waals surface area contributed by atoms with Gasteiger partial charge in [-0.15, -0.1) is 0 Å². The van der Waals surface area contributed by atoms with Gasteiger partial charge in [0.25, 0.3) is 0 Å². The number of alkyl halides is 6. The number of rotatable bonds is 3. The molecule has 0 aromatic heterocycles. The molecule has 0 heterocycles. The molecule has 0 saturated heterocycles. The second kappa shape index (κ2) is 8.86. The lowest BCUT2D eigenvalue weighted by molar-refractivity contribution is -0.143. The van der Waals surface area contributed by atoms with Crippen LogP contribution in [0.1, 0.15) is 11.1 Å². The van der Waals surface area contributed by atoms with Gasteiger partial charge in [0.2, 0.25) is 0 Å². The molecule has 0 nitrogen and oxygen atoms in total. The molecule has 0 amide bonds. The minimum absolute atomic E-state index is 0.135. The predicted molar refractivity (Wildman–Crippen MR) is 130 cm³/mol. The molecule has 5 rings (SSSR count). The number of halogens is 6. The van der Waals surface area contributed by atoms with Crippen molar-refractivity contribution in [3.63, 3.8) is 0 Å². The molecule has 36 heavy (non-hydrogen) atoms. The van der Waals surface area contributed by atoms with Crippen molar-refractivity contribution in [1.29, 1.82) is 0 Å². The molecule has 0 saturated carbocycles. The van der Waals surface area contributed by atoms with Crippen LogP contribution in [0.3, 0.4) is 0 Å². The van der Waals surface area contributed by atoms with Gasteiger partial charge in [0.15, 0.2) is 0 Å². The predicted octanol–water partition coefficient (Wildman–Crippen LogP) is 9.88. The summed E-state index contributed by atoms with van der Waals surface area (Å²) in [5.41, 5.74) is 1.16. The van der Waals surface area contributed by atoms with E-state index in [1.165, 1.54) is 12.1 Å². The lowest BCUT2D eigenvalue weighted by Crippen LogP contribution is -2.11. The highest BCUT2D eigenvalue weighted by Gasteiger charge is 2.37. The second-order valence-corrected chi connectivity index (χ2v) is 8.51. The highest BCUT2D eigenvalue weighted by molar-refractivity contribution is 5.88. The maximum atomic E-state index is 13.2. The Balaban J connectivity index is 1.49. The van der Waals surface area contributed by atoms with E-state index in [1.54, 1.807) is 12.1 Å². The number of hydrogen-bond donors (Lipinski definition) is 0. The zero-order chi connectivity index (χ0) is 25.5. The summed E-state index contributed by atoms with van der Waals surface area (Å²) >= 11 is 0. The van der Waals surface area contributed by atoms with Crippen molar-refractivity contribution in [2.75, 3.05) is 0 Å². The van der Waals surface area contributed by atoms with Gasteiger partial charge in [0.05, 0.1) is 11.1 Å². The first-order valence-corrected chi connectivity index (χ1v) is 11.1. The van der Waals surface area contributed by atoms with Crippen LogP contribution in [-0.2, 0) is 12.4 Å². The molecule has 0 spiro atoms. The van der Waals surface area contributed by atoms with Crippen molar-refractivity contribution in [2.24, 2.45) is 0 Å². The average molecular weight is 492 g/mol. The van der Waals surface area contributed by atoms with Crippen LogP contribution in [-0.4, -0.2) is 0 Å². The summed E-state index contributed by atoms with van der Waals surface area (Å²) in [6.07, 6.45) is -9.78. The molecule has 5 aromatic carbocycles. The quantitative estimate of drug-likeness (QED) is 0.220. The molecule has 0 bridgehead atoms. The van der Waals surface area contributed by atoms with E-state index in [2.05, 4.69) is 12.1 Å². The van der Waals surface area contributed by atoms with Crippen LogP contribution in [0, 0.1) is 0 Å². The fourth-order valence-electron chi connectivity index (χ4n) is 4.22. The third-order valence-corrected chi connectivity index (χ3v) is 6.08. The topological polar surface area (TPSA) is 0 Å². The van der Waals surface area contributed by atoms with E-state index in [4.69, 9.17) is 0 Å². The molecule has 0 fully saturated rings. The Morgan fingerprint density at radius 1 is 0.333 bits per heavy atom. The summed E-state index contributed by atoms with van der Waals surface area (Å²) in [6, 6.07) is 30.1. The van der Waals surface area contributed by atoms with E-state index < -0.39 is 23.5 Å². The van der Waals surface area contributed by atoms with Crippen molar-refractivity contribution >= 4 is 10.8 Å². The van der Waals surface area contributed by atoms with E-state index >= 15 is 0 Å². The summed E-state index contributed by atoms with van der Waals surface area (Å²) in [6.45, 7) is 0. The molecule has 5 aromatic rings. The van der Waals surface area contributed by atoms with E-state index in [-0.39, 0.29) is 17.2 Å². The fourth-order valence-corrected chi connectivity index (χ4v) is 4.22. The smallest absolute Gasteiger partial charge is 0.166 e. The Morgan fingerprint density at radius 2 is 0.806 bits per heavy atom. The third-order valence-electron chi connectivity index (χ3n) is 6.08. The first-order valence-electron chi connectivity index (χ1n) is 11.1. The van der Waals surface area contributed by atoms with Crippen LogP contribution >= 0.6 is 0 Å². The first kappa shape index (κ1) is 23.7. The van der Waals surface area contributed by atoms with Crippen LogP contribution in [0.5, 0.6) is 0 Å². The van der Waals surface area contributed by atoms with Gasteiger partial charge < -0.3 is 0 Å². The Morgan fingerprint density at radius 3 is 1.39 bits per heavy atom. The van der Waals surface area contributed by atoms with Gasteiger partial charge >= 0.3 is 12.4 Å². The summed E-state index contributed by atoms with van der Waals surface area (Å²) in [5.74, 6) is 0. The summed E-state index contributed by atoms with van der Waals surface area (Å²) in [4.78, 5) is 0. The average Bonchev–Trinajstić information content (AvgIpc) is 2.87. The molecule has 0 aliphatic carbocycles. The molecule has 0 unspecified atom stereocenters. The van der Waals surface area contributed by atoms with E-state index in [0.717, 1.165) is 45.2 Å². The molecule has 0 N–H and O–H groups in total. The van der Waals surface area contributed by atoms with Gasteiger partial charge in [-0.05, 0) is 74.5 Å². The molecule has 0 atom stereocenters. The standard InChI is InChI=1S/C30H18F6/c31-29(32,33)27-16-26(17-28(18-27)30(34,35)36)21-10-8-20(9-11-21)23-6-3-7-24(14-23)25-13-12-19-4-1-2-5-22(19)15-25/h1-18H. The molecule has 0 radical (unpaired) electrons. The Kier molecular flexibility index (Phi) is 5.83. The Labute approximate surface area is 203 Å². The highest BCUT2D eigenvalue weighted by atomic mass is 19.4. The molecule has 0 aliphatic rings. The van der Waals surface area contributed by atoms with Crippen molar-refractivity contribution in [3.05, 3.63) is 120 Å². The minimum atomic E-state index is -4.89. The lowest BCUT2D eigenvalue weighted by atomic mass is 9.95. The van der Waals surface area contributed by atoms with Gasteiger partial charge in [0, 0.05) is 0 Å². The highest BCUT2D eigenvalue weighted by Crippen LogP contribution is 2.39. The lowest BCUT2D eigenvalue weighted by Gasteiger charge is -2.14.